The number of carbonyl (C=O) groups is 2. The smallest absolute Gasteiger partial charge is 0.239 e. The highest BCUT2D eigenvalue weighted by atomic mass is 35.5. The van der Waals surface area contributed by atoms with Crippen LogP contribution >= 0.6 is 11.6 Å². The summed E-state index contributed by atoms with van der Waals surface area (Å²) >= 11 is 5.63. The zero-order valence-electron chi connectivity index (χ0n) is 9.69. The summed E-state index contributed by atoms with van der Waals surface area (Å²) in [5.41, 5.74) is -0.639. The number of rotatable bonds is 5. The van der Waals surface area contributed by atoms with Crippen molar-refractivity contribution in [1.29, 1.82) is 0 Å². The van der Waals surface area contributed by atoms with Crippen LogP contribution < -0.4 is 10.6 Å². The first-order chi connectivity index (χ1) is 6.79. The molecule has 0 aliphatic rings. The van der Waals surface area contributed by atoms with Crippen molar-refractivity contribution in [3.63, 3.8) is 0 Å². The third kappa shape index (κ3) is 5.62. The van der Waals surface area contributed by atoms with Gasteiger partial charge in [0.1, 0.15) is 0 Å². The van der Waals surface area contributed by atoms with Gasteiger partial charge in [0.15, 0.2) is 0 Å². The molecule has 0 fully saturated rings. The SMILES string of the molecule is CC(C)NC(=O)CNC(=O)C(C)(C)CCl. The molecule has 0 bridgehead atoms. The van der Waals surface area contributed by atoms with E-state index in [4.69, 9.17) is 11.6 Å². The minimum atomic E-state index is -0.639. The first-order valence-corrected chi connectivity index (χ1v) is 5.46. The number of alkyl halides is 1. The summed E-state index contributed by atoms with van der Waals surface area (Å²) in [6.45, 7) is 7.19. The van der Waals surface area contributed by atoms with E-state index >= 15 is 0 Å². The molecule has 0 rings (SSSR count). The number of hydrogen-bond acceptors (Lipinski definition) is 2. The lowest BCUT2D eigenvalue weighted by Crippen LogP contribution is -2.44. The molecule has 0 aromatic heterocycles. The monoisotopic (exact) mass is 234 g/mol. The molecule has 88 valence electrons. The maximum Gasteiger partial charge on any atom is 0.239 e. The molecule has 0 aliphatic carbocycles. The van der Waals surface area contributed by atoms with Gasteiger partial charge in [-0.3, -0.25) is 9.59 Å². The van der Waals surface area contributed by atoms with E-state index in [9.17, 15) is 9.59 Å². The Hall–Kier alpha value is -0.770. The van der Waals surface area contributed by atoms with Gasteiger partial charge in [-0.05, 0) is 27.7 Å². The van der Waals surface area contributed by atoms with Crippen LogP contribution in [0.2, 0.25) is 0 Å². The van der Waals surface area contributed by atoms with Crippen molar-refractivity contribution in [2.75, 3.05) is 12.4 Å². The van der Waals surface area contributed by atoms with E-state index in [1.807, 2.05) is 13.8 Å². The summed E-state index contributed by atoms with van der Waals surface area (Å²) in [4.78, 5) is 22.7. The molecule has 0 radical (unpaired) electrons. The quantitative estimate of drug-likeness (QED) is 0.695. The molecule has 0 atom stereocenters. The first kappa shape index (κ1) is 14.2. The second kappa shape index (κ2) is 5.95. The fourth-order valence-electron chi connectivity index (χ4n) is 0.834. The van der Waals surface area contributed by atoms with Crippen LogP contribution in [0.1, 0.15) is 27.7 Å². The second-order valence-electron chi connectivity index (χ2n) is 4.42. The summed E-state index contributed by atoms with van der Waals surface area (Å²) in [6.07, 6.45) is 0. The molecular weight excluding hydrogens is 216 g/mol. The van der Waals surface area contributed by atoms with Crippen LogP contribution in [0.3, 0.4) is 0 Å². The van der Waals surface area contributed by atoms with Crippen molar-refractivity contribution < 1.29 is 9.59 Å². The van der Waals surface area contributed by atoms with E-state index in [0.29, 0.717) is 0 Å². The molecule has 15 heavy (non-hydrogen) atoms. The average molecular weight is 235 g/mol. The van der Waals surface area contributed by atoms with Gasteiger partial charge in [-0.25, -0.2) is 0 Å². The van der Waals surface area contributed by atoms with E-state index in [2.05, 4.69) is 10.6 Å². The van der Waals surface area contributed by atoms with Gasteiger partial charge in [0, 0.05) is 11.9 Å². The van der Waals surface area contributed by atoms with Crippen LogP contribution in [0.15, 0.2) is 0 Å². The van der Waals surface area contributed by atoms with Crippen molar-refractivity contribution in [2.45, 2.75) is 33.7 Å². The van der Waals surface area contributed by atoms with E-state index < -0.39 is 5.41 Å². The summed E-state index contributed by atoms with van der Waals surface area (Å²) in [5, 5.41) is 5.22. The van der Waals surface area contributed by atoms with Gasteiger partial charge in [0.25, 0.3) is 0 Å². The number of carbonyl (C=O) groups excluding carboxylic acids is 2. The zero-order valence-corrected chi connectivity index (χ0v) is 10.4. The van der Waals surface area contributed by atoms with Crippen molar-refractivity contribution in [3.05, 3.63) is 0 Å². The molecule has 0 spiro atoms. The minimum Gasteiger partial charge on any atom is -0.352 e. The molecular formula is C10H19ClN2O2. The third-order valence-electron chi connectivity index (χ3n) is 1.81. The lowest BCUT2D eigenvalue weighted by Gasteiger charge is -2.20. The van der Waals surface area contributed by atoms with Crippen molar-refractivity contribution in [3.8, 4) is 0 Å². The Balaban J connectivity index is 3.96. The molecule has 0 aromatic carbocycles. The summed E-state index contributed by atoms with van der Waals surface area (Å²) in [6, 6.07) is 0.0791. The lowest BCUT2D eigenvalue weighted by molar-refractivity contribution is -0.131. The van der Waals surface area contributed by atoms with Crippen LogP contribution in [0.25, 0.3) is 0 Å². The second-order valence-corrected chi connectivity index (χ2v) is 4.69. The maximum absolute atomic E-state index is 11.5. The number of hydrogen-bond donors (Lipinski definition) is 2. The number of halogens is 1. The molecule has 4 nitrogen and oxygen atoms in total. The fourth-order valence-corrected chi connectivity index (χ4v) is 0.955. The van der Waals surface area contributed by atoms with E-state index in [1.54, 1.807) is 13.8 Å². The highest BCUT2D eigenvalue weighted by molar-refractivity contribution is 6.19. The van der Waals surface area contributed by atoms with Crippen LogP contribution in [0.4, 0.5) is 0 Å². The largest absolute Gasteiger partial charge is 0.352 e. The Bertz CT molecular complexity index is 240. The van der Waals surface area contributed by atoms with Crippen LogP contribution in [-0.2, 0) is 9.59 Å². The highest BCUT2D eigenvalue weighted by Gasteiger charge is 2.26. The fraction of sp³-hybridized carbons (Fsp3) is 0.800. The lowest BCUT2D eigenvalue weighted by atomic mass is 9.95. The van der Waals surface area contributed by atoms with Crippen molar-refractivity contribution >= 4 is 23.4 Å². The van der Waals surface area contributed by atoms with Gasteiger partial charge in [-0.1, -0.05) is 0 Å². The molecule has 0 saturated heterocycles. The van der Waals surface area contributed by atoms with Crippen molar-refractivity contribution in [1.82, 2.24) is 10.6 Å². The summed E-state index contributed by atoms with van der Waals surface area (Å²) in [5.74, 6) is -0.176. The molecule has 0 saturated carbocycles. The molecule has 5 heteroatoms. The Labute approximate surface area is 95.7 Å². The average Bonchev–Trinajstić information content (AvgIpc) is 2.13. The van der Waals surface area contributed by atoms with Gasteiger partial charge in [-0.2, -0.15) is 0 Å². The molecule has 0 aliphatic heterocycles. The standard InChI is InChI=1S/C10H19ClN2O2/c1-7(2)13-8(14)5-12-9(15)10(3,4)6-11/h7H,5-6H2,1-4H3,(H,12,15)(H,13,14). The highest BCUT2D eigenvalue weighted by Crippen LogP contribution is 2.16. The molecule has 0 heterocycles. The van der Waals surface area contributed by atoms with E-state index in [1.165, 1.54) is 0 Å². The Morgan fingerprint density at radius 2 is 1.87 bits per heavy atom. The van der Waals surface area contributed by atoms with Gasteiger partial charge < -0.3 is 10.6 Å². The molecule has 2 N–H and O–H groups in total. The number of amides is 2. The normalized spacial score (nSPS) is 11.3. The maximum atomic E-state index is 11.5. The van der Waals surface area contributed by atoms with Crippen molar-refractivity contribution in [2.24, 2.45) is 5.41 Å². The van der Waals surface area contributed by atoms with Crippen LogP contribution in [0.5, 0.6) is 0 Å². The van der Waals surface area contributed by atoms with E-state index in [-0.39, 0.29) is 30.3 Å². The Morgan fingerprint density at radius 1 is 1.33 bits per heavy atom. The van der Waals surface area contributed by atoms with Gasteiger partial charge in [0.2, 0.25) is 11.8 Å². The van der Waals surface area contributed by atoms with Gasteiger partial charge in [0.05, 0.1) is 12.0 Å². The molecule has 0 unspecified atom stereocenters. The van der Waals surface area contributed by atoms with E-state index in [0.717, 1.165) is 0 Å². The summed E-state index contributed by atoms with van der Waals surface area (Å²) in [7, 11) is 0. The molecule has 0 aromatic rings. The topological polar surface area (TPSA) is 58.2 Å². The van der Waals surface area contributed by atoms with Crippen LogP contribution in [-0.4, -0.2) is 30.3 Å². The van der Waals surface area contributed by atoms with Gasteiger partial charge in [-0.15, -0.1) is 11.6 Å². The van der Waals surface area contributed by atoms with Crippen LogP contribution in [0, 0.1) is 5.41 Å². The number of nitrogens with one attached hydrogen (secondary N) is 2. The molecule has 2 amide bonds. The first-order valence-electron chi connectivity index (χ1n) is 4.93. The Morgan fingerprint density at radius 3 is 2.27 bits per heavy atom. The summed E-state index contributed by atoms with van der Waals surface area (Å²) < 4.78 is 0. The zero-order chi connectivity index (χ0) is 12.1. The van der Waals surface area contributed by atoms with Gasteiger partial charge >= 0.3 is 0 Å². The minimum absolute atomic E-state index is 0.00265. The predicted molar refractivity (Wildman–Crippen MR) is 60.8 cm³/mol. The Kier molecular flexibility index (Phi) is 5.65. The predicted octanol–water partition coefficient (Wildman–Crippen LogP) is 0.892. The third-order valence-corrected chi connectivity index (χ3v) is 2.48.